The van der Waals surface area contributed by atoms with Gasteiger partial charge >= 0.3 is 5.97 Å². The highest BCUT2D eigenvalue weighted by Crippen LogP contribution is 2.07. The average molecular weight is 284 g/mol. The van der Waals surface area contributed by atoms with E-state index in [9.17, 15) is 4.79 Å². The monoisotopic (exact) mass is 284 g/mol. The van der Waals surface area contributed by atoms with Gasteiger partial charge in [0.1, 0.15) is 6.04 Å². The molecule has 1 N–H and O–H groups in total. The number of esters is 1. The zero-order valence-corrected chi connectivity index (χ0v) is 12.8. The van der Waals surface area contributed by atoms with Crippen LogP contribution in [0.3, 0.4) is 0 Å². The summed E-state index contributed by atoms with van der Waals surface area (Å²) in [6.07, 6.45) is 0. The molecule has 0 amide bonds. The van der Waals surface area contributed by atoms with E-state index in [0.29, 0.717) is 13.2 Å². The first-order valence-electron chi connectivity index (χ1n) is 7.73. The molecule has 0 saturated carbocycles. The maximum absolute atomic E-state index is 12.0. The van der Waals surface area contributed by atoms with Crippen LogP contribution in [0.5, 0.6) is 0 Å². The minimum Gasteiger partial charge on any atom is -0.465 e. The largest absolute Gasteiger partial charge is 0.465 e. The number of likely N-dealkylation sites (N-methyl/N-ethyl adjacent to an activating group) is 1. The van der Waals surface area contributed by atoms with Gasteiger partial charge in [-0.25, -0.2) is 0 Å². The lowest BCUT2D eigenvalue weighted by Gasteiger charge is -2.37. The maximum Gasteiger partial charge on any atom is 0.324 e. The molecule has 0 bridgehead atoms. The second-order valence-electron chi connectivity index (χ2n) is 5.65. The summed E-state index contributed by atoms with van der Waals surface area (Å²) < 4.78 is 5.18. The van der Waals surface area contributed by atoms with Crippen molar-refractivity contribution in [3.63, 3.8) is 0 Å². The Bertz CT molecular complexity index is 306. The van der Waals surface area contributed by atoms with E-state index >= 15 is 0 Å². The fraction of sp³-hybridized carbons (Fsp3) is 0.929. The van der Waals surface area contributed by atoms with E-state index in [1.165, 1.54) is 0 Å². The molecule has 2 aliphatic rings. The topological polar surface area (TPSA) is 48.1 Å². The van der Waals surface area contributed by atoms with Gasteiger partial charge in [-0.05, 0) is 14.0 Å². The molecule has 0 aromatic heterocycles. The molecule has 0 radical (unpaired) electrons. The summed E-state index contributed by atoms with van der Waals surface area (Å²) in [6.45, 7) is 11.5. The molecular formula is C14H28N4O2. The number of rotatable bonds is 5. The molecule has 0 aromatic rings. The normalized spacial score (nSPS) is 26.6. The molecule has 6 nitrogen and oxygen atoms in total. The molecule has 0 aromatic carbocycles. The molecule has 0 aliphatic carbocycles. The van der Waals surface area contributed by atoms with E-state index in [1.807, 2.05) is 6.92 Å². The molecule has 1 unspecified atom stereocenters. The fourth-order valence-corrected chi connectivity index (χ4v) is 2.83. The van der Waals surface area contributed by atoms with Gasteiger partial charge < -0.3 is 15.0 Å². The van der Waals surface area contributed by atoms with Crippen molar-refractivity contribution in [2.45, 2.75) is 13.0 Å². The van der Waals surface area contributed by atoms with Crippen LogP contribution in [0.15, 0.2) is 0 Å². The molecule has 0 spiro atoms. The Balaban J connectivity index is 1.78. The van der Waals surface area contributed by atoms with Crippen LogP contribution in [0, 0.1) is 0 Å². The number of hydrogen-bond donors (Lipinski definition) is 1. The predicted octanol–water partition coefficient (Wildman–Crippen LogP) is -0.929. The lowest BCUT2D eigenvalue weighted by Crippen LogP contribution is -2.57. The van der Waals surface area contributed by atoms with Crippen LogP contribution in [0.4, 0.5) is 0 Å². The van der Waals surface area contributed by atoms with Gasteiger partial charge in [-0.1, -0.05) is 0 Å². The zero-order valence-electron chi connectivity index (χ0n) is 12.8. The van der Waals surface area contributed by atoms with E-state index in [2.05, 4.69) is 27.1 Å². The van der Waals surface area contributed by atoms with Crippen molar-refractivity contribution in [1.82, 2.24) is 20.0 Å². The fourth-order valence-electron chi connectivity index (χ4n) is 2.83. The molecule has 2 heterocycles. The van der Waals surface area contributed by atoms with Gasteiger partial charge in [0.25, 0.3) is 0 Å². The van der Waals surface area contributed by atoms with Crippen molar-refractivity contribution in [2.75, 3.05) is 72.6 Å². The number of nitrogens with one attached hydrogen (secondary N) is 1. The standard InChI is InChI=1S/C14H28N4O2/c1-3-20-14(19)13-12-15-4-5-18(13)11-10-17-8-6-16(2)7-9-17/h13,15H,3-12H2,1-2H3. The number of carbonyl (C=O) groups excluding carboxylic acids is 1. The minimum absolute atomic E-state index is 0.0851. The van der Waals surface area contributed by atoms with E-state index < -0.39 is 0 Å². The Labute approximate surface area is 122 Å². The third-order valence-electron chi connectivity index (χ3n) is 4.21. The maximum atomic E-state index is 12.0. The van der Waals surface area contributed by atoms with Crippen LogP contribution in [-0.4, -0.2) is 99.3 Å². The van der Waals surface area contributed by atoms with Crippen LogP contribution in [0.2, 0.25) is 0 Å². The van der Waals surface area contributed by atoms with Gasteiger partial charge in [-0.2, -0.15) is 0 Å². The Hall–Kier alpha value is -0.690. The third kappa shape index (κ3) is 4.41. The van der Waals surface area contributed by atoms with Crippen LogP contribution in [0.25, 0.3) is 0 Å². The van der Waals surface area contributed by atoms with Crippen molar-refractivity contribution in [3.05, 3.63) is 0 Å². The number of hydrogen-bond acceptors (Lipinski definition) is 6. The first-order valence-corrected chi connectivity index (χ1v) is 7.73. The number of carbonyl (C=O) groups is 1. The third-order valence-corrected chi connectivity index (χ3v) is 4.21. The minimum atomic E-state index is -0.115. The molecule has 2 aliphatic heterocycles. The predicted molar refractivity (Wildman–Crippen MR) is 78.8 cm³/mol. The van der Waals surface area contributed by atoms with Gasteiger partial charge in [-0.15, -0.1) is 0 Å². The Morgan fingerprint density at radius 1 is 1.20 bits per heavy atom. The van der Waals surface area contributed by atoms with Crippen LogP contribution < -0.4 is 5.32 Å². The second kappa shape index (κ2) is 7.93. The molecule has 2 fully saturated rings. The molecule has 2 rings (SSSR count). The number of piperazine rings is 2. The van der Waals surface area contributed by atoms with Crippen molar-refractivity contribution in [1.29, 1.82) is 0 Å². The molecule has 6 heteroatoms. The Kier molecular flexibility index (Phi) is 6.22. The van der Waals surface area contributed by atoms with Crippen LogP contribution >= 0.6 is 0 Å². The quantitative estimate of drug-likeness (QED) is 0.658. The van der Waals surface area contributed by atoms with Crippen LogP contribution in [0.1, 0.15) is 6.92 Å². The van der Waals surface area contributed by atoms with Crippen molar-refractivity contribution in [3.8, 4) is 0 Å². The van der Waals surface area contributed by atoms with Crippen molar-refractivity contribution in [2.24, 2.45) is 0 Å². The van der Waals surface area contributed by atoms with E-state index in [0.717, 1.165) is 52.4 Å². The Morgan fingerprint density at radius 2 is 1.95 bits per heavy atom. The summed E-state index contributed by atoms with van der Waals surface area (Å²) in [6, 6.07) is -0.115. The van der Waals surface area contributed by atoms with Crippen molar-refractivity contribution >= 4 is 5.97 Å². The summed E-state index contributed by atoms with van der Waals surface area (Å²) in [5.41, 5.74) is 0. The lowest BCUT2D eigenvalue weighted by molar-refractivity contribution is -0.150. The molecule has 20 heavy (non-hydrogen) atoms. The van der Waals surface area contributed by atoms with Gasteiger partial charge in [-0.3, -0.25) is 14.6 Å². The molecule has 2 saturated heterocycles. The summed E-state index contributed by atoms with van der Waals surface area (Å²) in [7, 11) is 2.17. The van der Waals surface area contributed by atoms with Crippen molar-refractivity contribution < 1.29 is 9.53 Å². The van der Waals surface area contributed by atoms with Gasteiger partial charge in [0.15, 0.2) is 0 Å². The molecule has 116 valence electrons. The summed E-state index contributed by atoms with van der Waals surface area (Å²) >= 11 is 0. The van der Waals surface area contributed by atoms with Gasteiger partial charge in [0, 0.05) is 58.9 Å². The second-order valence-corrected chi connectivity index (χ2v) is 5.65. The van der Waals surface area contributed by atoms with E-state index in [-0.39, 0.29) is 12.0 Å². The van der Waals surface area contributed by atoms with Gasteiger partial charge in [0.05, 0.1) is 6.61 Å². The average Bonchev–Trinajstić information content (AvgIpc) is 2.47. The molecular weight excluding hydrogens is 256 g/mol. The highest BCUT2D eigenvalue weighted by atomic mass is 16.5. The first-order chi connectivity index (χ1) is 9.70. The lowest BCUT2D eigenvalue weighted by atomic mass is 10.2. The number of nitrogens with zero attached hydrogens (tertiary/aromatic N) is 3. The highest BCUT2D eigenvalue weighted by molar-refractivity contribution is 5.76. The van der Waals surface area contributed by atoms with Gasteiger partial charge in [0.2, 0.25) is 0 Å². The summed E-state index contributed by atoms with van der Waals surface area (Å²) in [5, 5.41) is 3.29. The van der Waals surface area contributed by atoms with E-state index in [1.54, 1.807) is 0 Å². The summed E-state index contributed by atoms with van der Waals surface area (Å²) in [5.74, 6) is -0.0851. The molecule has 1 atom stereocenters. The highest BCUT2D eigenvalue weighted by Gasteiger charge is 2.29. The SMILES string of the molecule is CCOC(=O)C1CNCCN1CCN1CCN(C)CC1. The van der Waals surface area contributed by atoms with Crippen LogP contribution in [-0.2, 0) is 9.53 Å². The first kappa shape index (κ1) is 15.7. The zero-order chi connectivity index (χ0) is 14.4. The smallest absolute Gasteiger partial charge is 0.324 e. The Morgan fingerprint density at radius 3 is 2.65 bits per heavy atom. The number of ether oxygens (including phenoxy) is 1. The van der Waals surface area contributed by atoms with E-state index in [4.69, 9.17) is 4.74 Å². The summed E-state index contributed by atoms with van der Waals surface area (Å²) in [4.78, 5) is 19.1.